The molecule has 2 fully saturated rings. The summed E-state index contributed by atoms with van der Waals surface area (Å²) in [7, 11) is 1.78. The topological polar surface area (TPSA) is 33.0 Å². The summed E-state index contributed by atoms with van der Waals surface area (Å²) in [4.78, 5) is 0. The van der Waals surface area contributed by atoms with Gasteiger partial charge in [0.25, 0.3) is 0 Å². The maximum Gasteiger partial charge on any atom is 0.0995 e. The van der Waals surface area contributed by atoms with Gasteiger partial charge in [0, 0.05) is 25.4 Å². The van der Waals surface area contributed by atoms with Crippen LogP contribution in [0.5, 0.6) is 0 Å². The molecule has 0 saturated heterocycles. The standard InChI is InChI=1S/C13H11NO/c1-15-13-6-12(7-14)10(11(12)13)8-4-2-3-5-9(8)13/h2-5,10-11H,6H2,1H3/t10-,11+,12+,13-/m1/s1. The number of hydrogen-bond donors (Lipinski definition) is 0. The fourth-order valence-corrected chi connectivity index (χ4v) is 4.12. The third kappa shape index (κ3) is 0.540. The van der Waals surface area contributed by atoms with Gasteiger partial charge in [-0.3, -0.25) is 0 Å². The summed E-state index contributed by atoms with van der Waals surface area (Å²) < 4.78 is 5.72. The van der Waals surface area contributed by atoms with Crippen LogP contribution in [0.2, 0.25) is 0 Å². The number of hydrogen-bond acceptors (Lipinski definition) is 2. The van der Waals surface area contributed by atoms with E-state index >= 15 is 0 Å². The van der Waals surface area contributed by atoms with E-state index in [2.05, 4.69) is 30.3 Å². The molecule has 74 valence electrons. The molecule has 0 radical (unpaired) electrons. The summed E-state index contributed by atoms with van der Waals surface area (Å²) in [5.74, 6) is 0.899. The van der Waals surface area contributed by atoms with Crippen LogP contribution in [0.25, 0.3) is 0 Å². The molecule has 1 aromatic carbocycles. The van der Waals surface area contributed by atoms with Gasteiger partial charge in [-0.1, -0.05) is 24.3 Å². The first-order chi connectivity index (χ1) is 7.30. The van der Waals surface area contributed by atoms with Crippen LogP contribution in [0.1, 0.15) is 23.5 Å². The number of rotatable bonds is 1. The molecule has 0 heterocycles. The summed E-state index contributed by atoms with van der Waals surface area (Å²) >= 11 is 0. The third-order valence-electron chi connectivity index (χ3n) is 4.72. The molecule has 4 rings (SSSR count). The number of ether oxygens (including phenoxy) is 1. The maximum absolute atomic E-state index is 9.24. The van der Waals surface area contributed by atoms with Crippen LogP contribution >= 0.6 is 0 Å². The monoisotopic (exact) mass is 197 g/mol. The molecule has 3 aliphatic rings. The predicted molar refractivity (Wildman–Crippen MR) is 54.0 cm³/mol. The van der Waals surface area contributed by atoms with Gasteiger partial charge in [-0.05, 0) is 11.1 Å². The van der Waals surface area contributed by atoms with Crippen molar-refractivity contribution in [2.75, 3.05) is 7.11 Å². The smallest absolute Gasteiger partial charge is 0.0995 e. The van der Waals surface area contributed by atoms with Crippen LogP contribution in [-0.4, -0.2) is 7.11 Å². The Kier molecular flexibility index (Phi) is 1.03. The van der Waals surface area contributed by atoms with Crippen molar-refractivity contribution in [3.63, 3.8) is 0 Å². The predicted octanol–water partition coefficient (Wildman–Crippen LogP) is 2.17. The molecule has 0 spiro atoms. The second-order valence-electron chi connectivity index (χ2n) is 4.97. The van der Waals surface area contributed by atoms with E-state index < -0.39 is 0 Å². The molecule has 0 amide bonds. The normalized spacial score (nSPS) is 47.5. The lowest BCUT2D eigenvalue weighted by Crippen LogP contribution is -2.44. The van der Waals surface area contributed by atoms with Crippen LogP contribution in [-0.2, 0) is 10.3 Å². The van der Waals surface area contributed by atoms with E-state index in [4.69, 9.17) is 4.74 Å². The maximum atomic E-state index is 9.24. The lowest BCUT2D eigenvalue weighted by atomic mass is 9.66. The Labute approximate surface area is 88.5 Å². The molecule has 0 bridgehead atoms. The second-order valence-corrected chi connectivity index (χ2v) is 4.97. The minimum atomic E-state index is -0.114. The van der Waals surface area contributed by atoms with Gasteiger partial charge in [0.15, 0.2) is 0 Å². The van der Waals surface area contributed by atoms with Crippen molar-refractivity contribution in [2.45, 2.75) is 17.9 Å². The Morgan fingerprint density at radius 1 is 1.47 bits per heavy atom. The third-order valence-corrected chi connectivity index (χ3v) is 4.72. The van der Waals surface area contributed by atoms with E-state index in [1.807, 2.05) is 0 Å². The quantitative estimate of drug-likeness (QED) is 0.691. The summed E-state index contributed by atoms with van der Waals surface area (Å²) in [5, 5.41) is 9.24. The molecule has 0 aliphatic heterocycles. The highest BCUT2D eigenvalue weighted by Gasteiger charge is 2.88. The summed E-state index contributed by atoms with van der Waals surface area (Å²) in [6.07, 6.45) is 0.902. The highest BCUT2D eigenvalue weighted by atomic mass is 16.5. The molecular formula is C13H11NO. The summed E-state index contributed by atoms with van der Waals surface area (Å²) in [6, 6.07) is 11.0. The zero-order valence-electron chi connectivity index (χ0n) is 8.53. The van der Waals surface area contributed by atoms with Crippen LogP contribution in [0.4, 0.5) is 0 Å². The zero-order chi connectivity index (χ0) is 10.3. The lowest BCUT2D eigenvalue weighted by Gasteiger charge is -2.44. The van der Waals surface area contributed by atoms with Gasteiger partial charge in [0.2, 0.25) is 0 Å². The number of nitriles is 1. The lowest BCUT2D eigenvalue weighted by molar-refractivity contribution is -0.104. The van der Waals surface area contributed by atoms with Crippen molar-refractivity contribution in [1.29, 1.82) is 5.26 Å². The van der Waals surface area contributed by atoms with Crippen molar-refractivity contribution >= 4 is 0 Å². The van der Waals surface area contributed by atoms with Gasteiger partial charge in [-0.25, -0.2) is 0 Å². The van der Waals surface area contributed by atoms with Crippen LogP contribution in [0.3, 0.4) is 0 Å². The van der Waals surface area contributed by atoms with Gasteiger partial charge in [-0.2, -0.15) is 5.26 Å². The molecule has 1 aromatic rings. The van der Waals surface area contributed by atoms with Gasteiger partial charge >= 0.3 is 0 Å². The molecule has 2 heteroatoms. The first-order valence-corrected chi connectivity index (χ1v) is 5.36. The van der Waals surface area contributed by atoms with E-state index in [0.29, 0.717) is 11.8 Å². The minimum Gasteiger partial charge on any atom is -0.373 e. The van der Waals surface area contributed by atoms with Crippen molar-refractivity contribution in [3.8, 4) is 6.07 Å². The van der Waals surface area contributed by atoms with E-state index in [9.17, 15) is 5.26 Å². The molecule has 4 atom stereocenters. The van der Waals surface area contributed by atoms with Crippen molar-refractivity contribution in [1.82, 2.24) is 0 Å². The average Bonchev–Trinajstić information content (AvgIpc) is 2.74. The highest BCUT2D eigenvalue weighted by molar-refractivity contribution is 5.61. The Morgan fingerprint density at radius 2 is 2.27 bits per heavy atom. The fourth-order valence-electron chi connectivity index (χ4n) is 4.12. The molecule has 15 heavy (non-hydrogen) atoms. The van der Waals surface area contributed by atoms with Crippen LogP contribution in [0, 0.1) is 22.7 Å². The summed E-state index contributed by atoms with van der Waals surface area (Å²) in [6.45, 7) is 0. The largest absolute Gasteiger partial charge is 0.373 e. The highest BCUT2D eigenvalue weighted by Crippen LogP contribution is 2.88. The molecule has 0 N–H and O–H groups in total. The fraction of sp³-hybridized carbons (Fsp3) is 0.462. The number of nitrogens with zero attached hydrogens (tertiary/aromatic N) is 1. The number of methoxy groups -OCH3 is 1. The van der Waals surface area contributed by atoms with Crippen LogP contribution in [0.15, 0.2) is 24.3 Å². The summed E-state index contributed by atoms with van der Waals surface area (Å²) in [5.41, 5.74) is 2.51. The first-order valence-electron chi connectivity index (χ1n) is 5.36. The molecular weight excluding hydrogens is 186 g/mol. The van der Waals surface area contributed by atoms with Crippen LogP contribution < -0.4 is 0 Å². The van der Waals surface area contributed by atoms with E-state index in [0.717, 1.165) is 6.42 Å². The average molecular weight is 197 g/mol. The van der Waals surface area contributed by atoms with E-state index in [1.165, 1.54) is 11.1 Å². The Balaban J connectivity index is 1.98. The first kappa shape index (κ1) is 7.90. The van der Waals surface area contributed by atoms with Crippen molar-refractivity contribution in [3.05, 3.63) is 35.4 Å². The van der Waals surface area contributed by atoms with Crippen molar-refractivity contribution < 1.29 is 4.74 Å². The molecule has 2 nitrogen and oxygen atoms in total. The molecule has 2 saturated carbocycles. The minimum absolute atomic E-state index is 0.0651. The molecule has 0 unspecified atom stereocenters. The molecule has 3 aliphatic carbocycles. The van der Waals surface area contributed by atoms with Gasteiger partial charge in [0.05, 0.1) is 17.1 Å². The zero-order valence-corrected chi connectivity index (χ0v) is 8.53. The van der Waals surface area contributed by atoms with E-state index in [1.54, 1.807) is 7.11 Å². The molecule has 0 aromatic heterocycles. The number of fused-ring (bicyclic) bond motifs is 4. The van der Waals surface area contributed by atoms with Gasteiger partial charge < -0.3 is 4.74 Å². The Morgan fingerprint density at radius 3 is 3.00 bits per heavy atom. The SMILES string of the molecule is CO[C@]12C[C@]3(C#N)[C@H](c4ccccc41)[C@@H]32. The Bertz CT molecular complexity index is 518. The van der Waals surface area contributed by atoms with Crippen molar-refractivity contribution in [2.24, 2.45) is 11.3 Å². The number of benzene rings is 1. The Hall–Kier alpha value is -1.33. The second kappa shape index (κ2) is 1.96. The van der Waals surface area contributed by atoms with Gasteiger partial charge in [0.1, 0.15) is 0 Å². The van der Waals surface area contributed by atoms with E-state index in [-0.39, 0.29) is 11.0 Å². The van der Waals surface area contributed by atoms with Gasteiger partial charge in [-0.15, -0.1) is 0 Å².